The number of ether oxygens (including phenoxy) is 1. The standard InChI is InChI=1S/C23H18N2O5/c26-20(24-18-9-8-15-4-1-2-5-16(15)12-18)14-30-23(29)17-6-3-7-19(13-17)25-21(27)10-11-22(25)28/h1-9,12-13H,10-11,14H2,(H,24,26). The summed E-state index contributed by atoms with van der Waals surface area (Å²) in [6, 6.07) is 19.3. The lowest BCUT2D eigenvalue weighted by atomic mass is 10.1. The van der Waals surface area contributed by atoms with E-state index < -0.39 is 18.5 Å². The molecule has 0 aliphatic carbocycles. The number of carbonyl (C=O) groups excluding carboxylic acids is 4. The van der Waals surface area contributed by atoms with Crippen LogP contribution in [-0.2, 0) is 19.1 Å². The summed E-state index contributed by atoms with van der Waals surface area (Å²) in [6.45, 7) is -0.461. The number of imide groups is 1. The first kappa shape index (κ1) is 19.3. The van der Waals surface area contributed by atoms with E-state index in [1.165, 1.54) is 12.1 Å². The van der Waals surface area contributed by atoms with E-state index in [4.69, 9.17) is 4.74 Å². The molecule has 0 bridgehead atoms. The zero-order valence-corrected chi connectivity index (χ0v) is 16.0. The average molecular weight is 402 g/mol. The third-order valence-corrected chi connectivity index (χ3v) is 4.76. The van der Waals surface area contributed by atoms with Crippen LogP contribution in [0.3, 0.4) is 0 Å². The Labute approximate surface area is 172 Å². The highest BCUT2D eigenvalue weighted by atomic mass is 16.5. The third kappa shape index (κ3) is 4.05. The highest BCUT2D eigenvalue weighted by Gasteiger charge is 2.30. The van der Waals surface area contributed by atoms with Crippen molar-refractivity contribution in [1.29, 1.82) is 0 Å². The Bertz CT molecular complexity index is 1150. The Balaban J connectivity index is 1.38. The molecule has 1 aliphatic rings. The maximum Gasteiger partial charge on any atom is 0.338 e. The minimum Gasteiger partial charge on any atom is -0.452 e. The predicted molar refractivity (Wildman–Crippen MR) is 111 cm³/mol. The van der Waals surface area contributed by atoms with Crippen LogP contribution in [0.1, 0.15) is 23.2 Å². The van der Waals surface area contributed by atoms with E-state index >= 15 is 0 Å². The van der Waals surface area contributed by atoms with Gasteiger partial charge in [0.15, 0.2) is 6.61 Å². The topological polar surface area (TPSA) is 92.8 Å². The van der Waals surface area contributed by atoms with Crippen molar-refractivity contribution in [1.82, 2.24) is 0 Å². The molecular weight excluding hydrogens is 384 g/mol. The molecule has 0 saturated carbocycles. The monoisotopic (exact) mass is 402 g/mol. The molecule has 0 unspecified atom stereocenters. The molecule has 3 amide bonds. The molecule has 1 aliphatic heterocycles. The van der Waals surface area contributed by atoms with Gasteiger partial charge in [0.2, 0.25) is 11.8 Å². The molecule has 3 aromatic rings. The molecule has 7 heteroatoms. The Kier molecular flexibility index (Phi) is 5.26. The number of esters is 1. The van der Waals surface area contributed by atoms with Crippen molar-refractivity contribution in [2.45, 2.75) is 12.8 Å². The van der Waals surface area contributed by atoms with Gasteiger partial charge in [0.1, 0.15) is 0 Å². The first-order valence-corrected chi connectivity index (χ1v) is 9.43. The highest BCUT2D eigenvalue weighted by Crippen LogP contribution is 2.24. The van der Waals surface area contributed by atoms with E-state index in [0.29, 0.717) is 11.4 Å². The van der Waals surface area contributed by atoms with Crippen LogP contribution in [-0.4, -0.2) is 30.3 Å². The molecule has 1 saturated heterocycles. The minimum atomic E-state index is -0.718. The van der Waals surface area contributed by atoms with Gasteiger partial charge in [-0.25, -0.2) is 4.79 Å². The quantitative estimate of drug-likeness (QED) is 0.522. The fraction of sp³-hybridized carbons (Fsp3) is 0.130. The van der Waals surface area contributed by atoms with Gasteiger partial charge < -0.3 is 10.1 Å². The van der Waals surface area contributed by atoms with Crippen LogP contribution >= 0.6 is 0 Å². The molecule has 4 rings (SSSR count). The molecule has 0 aromatic heterocycles. The molecule has 150 valence electrons. The first-order valence-electron chi connectivity index (χ1n) is 9.43. The van der Waals surface area contributed by atoms with Gasteiger partial charge in [-0.2, -0.15) is 0 Å². The molecule has 0 atom stereocenters. The fourth-order valence-electron chi connectivity index (χ4n) is 3.32. The second kappa shape index (κ2) is 8.16. The number of nitrogens with one attached hydrogen (secondary N) is 1. The Hall–Kier alpha value is -4.00. The van der Waals surface area contributed by atoms with Gasteiger partial charge in [-0.3, -0.25) is 19.3 Å². The number of anilines is 2. The normalized spacial score (nSPS) is 13.5. The molecule has 1 fully saturated rings. The SMILES string of the molecule is O=C(COC(=O)c1cccc(N2C(=O)CCC2=O)c1)Nc1ccc2ccccc2c1. The molecule has 0 radical (unpaired) electrons. The van der Waals surface area contributed by atoms with E-state index in [2.05, 4.69) is 5.32 Å². The molecule has 30 heavy (non-hydrogen) atoms. The lowest BCUT2D eigenvalue weighted by molar-refractivity contribution is -0.121. The molecule has 7 nitrogen and oxygen atoms in total. The number of amides is 3. The number of hydrogen-bond acceptors (Lipinski definition) is 5. The number of nitrogens with zero attached hydrogens (tertiary/aromatic N) is 1. The van der Waals surface area contributed by atoms with E-state index in [0.717, 1.165) is 15.7 Å². The van der Waals surface area contributed by atoms with E-state index in [1.54, 1.807) is 18.2 Å². The van der Waals surface area contributed by atoms with Gasteiger partial charge >= 0.3 is 5.97 Å². The summed E-state index contributed by atoms with van der Waals surface area (Å²) in [4.78, 5) is 49.3. The summed E-state index contributed by atoms with van der Waals surface area (Å²) in [5, 5.41) is 4.73. The maximum atomic E-state index is 12.3. The van der Waals surface area contributed by atoms with Gasteiger partial charge in [0, 0.05) is 18.5 Å². The second-order valence-electron chi connectivity index (χ2n) is 6.86. The van der Waals surface area contributed by atoms with Crippen LogP contribution in [0.5, 0.6) is 0 Å². The summed E-state index contributed by atoms with van der Waals surface area (Å²) < 4.78 is 5.08. The molecule has 1 N–H and O–H groups in total. The summed E-state index contributed by atoms with van der Waals surface area (Å²) in [7, 11) is 0. The summed E-state index contributed by atoms with van der Waals surface area (Å²) >= 11 is 0. The van der Waals surface area contributed by atoms with Crippen molar-refractivity contribution in [3.8, 4) is 0 Å². The van der Waals surface area contributed by atoms with E-state index in [9.17, 15) is 19.2 Å². The Morgan fingerprint density at radius 3 is 2.37 bits per heavy atom. The summed E-state index contributed by atoms with van der Waals surface area (Å²) in [5.41, 5.74) is 1.07. The number of fused-ring (bicyclic) bond motifs is 1. The van der Waals surface area contributed by atoms with Gasteiger partial charge in [0.25, 0.3) is 5.91 Å². The van der Waals surface area contributed by atoms with Crippen molar-refractivity contribution >= 4 is 45.8 Å². The Morgan fingerprint density at radius 1 is 0.867 bits per heavy atom. The minimum absolute atomic E-state index is 0.151. The van der Waals surface area contributed by atoms with Crippen LogP contribution in [0.15, 0.2) is 66.7 Å². The van der Waals surface area contributed by atoms with Gasteiger partial charge in [-0.05, 0) is 41.1 Å². The van der Waals surface area contributed by atoms with E-state index in [1.807, 2.05) is 36.4 Å². The zero-order chi connectivity index (χ0) is 21.1. The van der Waals surface area contributed by atoms with Gasteiger partial charge in [-0.15, -0.1) is 0 Å². The predicted octanol–water partition coefficient (Wildman–Crippen LogP) is 3.29. The van der Waals surface area contributed by atoms with Crippen molar-refractivity contribution in [2.24, 2.45) is 0 Å². The second-order valence-corrected chi connectivity index (χ2v) is 6.86. The Morgan fingerprint density at radius 2 is 1.60 bits per heavy atom. The van der Waals surface area contributed by atoms with Crippen LogP contribution in [0.2, 0.25) is 0 Å². The van der Waals surface area contributed by atoms with E-state index in [-0.39, 0.29) is 30.2 Å². The largest absolute Gasteiger partial charge is 0.452 e. The molecule has 3 aromatic carbocycles. The number of hydrogen-bond donors (Lipinski definition) is 1. The molecular formula is C23H18N2O5. The average Bonchev–Trinajstić information content (AvgIpc) is 3.10. The lowest BCUT2D eigenvalue weighted by Gasteiger charge is -2.14. The van der Waals surface area contributed by atoms with Crippen molar-refractivity contribution in [3.63, 3.8) is 0 Å². The summed E-state index contributed by atoms with van der Waals surface area (Å²) in [5.74, 6) is -1.80. The maximum absolute atomic E-state index is 12.3. The van der Waals surface area contributed by atoms with Crippen molar-refractivity contribution in [2.75, 3.05) is 16.8 Å². The van der Waals surface area contributed by atoms with Crippen LogP contribution in [0.4, 0.5) is 11.4 Å². The highest BCUT2D eigenvalue weighted by molar-refractivity contribution is 6.20. The number of carbonyl (C=O) groups is 4. The third-order valence-electron chi connectivity index (χ3n) is 4.76. The van der Waals surface area contributed by atoms with Crippen molar-refractivity contribution in [3.05, 3.63) is 72.3 Å². The first-order chi connectivity index (χ1) is 14.5. The smallest absolute Gasteiger partial charge is 0.338 e. The molecule has 0 spiro atoms. The number of rotatable bonds is 5. The van der Waals surface area contributed by atoms with Crippen molar-refractivity contribution < 1.29 is 23.9 Å². The summed E-state index contributed by atoms with van der Waals surface area (Å²) in [6.07, 6.45) is 0.310. The van der Waals surface area contributed by atoms with Crippen LogP contribution in [0.25, 0.3) is 10.8 Å². The number of benzene rings is 3. The molecule has 1 heterocycles. The van der Waals surface area contributed by atoms with Crippen LogP contribution in [0, 0.1) is 0 Å². The van der Waals surface area contributed by atoms with Gasteiger partial charge in [0.05, 0.1) is 11.3 Å². The fourth-order valence-corrected chi connectivity index (χ4v) is 3.32. The van der Waals surface area contributed by atoms with Gasteiger partial charge in [-0.1, -0.05) is 36.4 Å². The van der Waals surface area contributed by atoms with Crippen LogP contribution < -0.4 is 10.2 Å². The zero-order valence-electron chi connectivity index (χ0n) is 16.0. The lowest BCUT2D eigenvalue weighted by Crippen LogP contribution is -2.28.